The average molecular weight is 419 g/mol. The summed E-state index contributed by atoms with van der Waals surface area (Å²) < 4.78 is 29.3. The van der Waals surface area contributed by atoms with Crippen LogP contribution in [0.4, 0.5) is 14.5 Å². The minimum absolute atomic E-state index is 0.117. The summed E-state index contributed by atoms with van der Waals surface area (Å²) in [5.41, 5.74) is 5.33. The van der Waals surface area contributed by atoms with Crippen molar-refractivity contribution in [3.8, 4) is 11.8 Å². The van der Waals surface area contributed by atoms with Gasteiger partial charge in [-0.15, -0.1) is 0 Å². The number of nitrogens with zero attached hydrogens (tertiary/aromatic N) is 5. The lowest BCUT2D eigenvalue weighted by Crippen LogP contribution is -2.46. The van der Waals surface area contributed by atoms with Gasteiger partial charge in [0.15, 0.2) is 0 Å². The van der Waals surface area contributed by atoms with E-state index in [-0.39, 0.29) is 11.4 Å². The van der Waals surface area contributed by atoms with Crippen molar-refractivity contribution in [2.24, 2.45) is 0 Å². The lowest BCUT2D eigenvalue weighted by Gasteiger charge is -2.36. The zero-order chi connectivity index (χ0) is 21.4. The van der Waals surface area contributed by atoms with Crippen LogP contribution in [-0.4, -0.2) is 40.9 Å². The smallest absolute Gasteiger partial charge is 0.143 e. The summed E-state index contributed by atoms with van der Waals surface area (Å²) in [6.45, 7) is 3.87. The summed E-state index contributed by atoms with van der Waals surface area (Å²) in [6, 6.07) is 13.3. The van der Waals surface area contributed by atoms with Crippen molar-refractivity contribution in [2.45, 2.75) is 25.8 Å². The second kappa shape index (κ2) is 8.12. The number of hydrogen-bond acceptors (Lipinski definition) is 4. The number of benzene rings is 2. The molecule has 158 valence electrons. The van der Waals surface area contributed by atoms with Gasteiger partial charge < -0.3 is 4.90 Å². The average Bonchev–Trinajstić information content (AvgIpc) is 3.39. The molecule has 0 N–H and O–H groups in total. The van der Waals surface area contributed by atoms with Crippen LogP contribution in [0.1, 0.15) is 28.9 Å². The van der Waals surface area contributed by atoms with E-state index in [0.29, 0.717) is 5.69 Å². The number of rotatable bonds is 4. The summed E-state index contributed by atoms with van der Waals surface area (Å²) in [7, 11) is 0. The summed E-state index contributed by atoms with van der Waals surface area (Å²) >= 11 is 0. The monoisotopic (exact) mass is 419 g/mol. The third kappa shape index (κ3) is 3.68. The van der Waals surface area contributed by atoms with Gasteiger partial charge in [-0.25, -0.2) is 13.5 Å². The van der Waals surface area contributed by atoms with Crippen LogP contribution in [-0.2, 0) is 19.4 Å². The first-order chi connectivity index (χ1) is 15.1. The van der Waals surface area contributed by atoms with Gasteiger partial charge in [0.2, 0.25) is 0 Å². The van der Waals surface area contributed by atoms with Crippen LogP contribution in [0.5, 0.6) is 0 Å². The van der Waals surface area contributed by atoms with Gasteiger partial charge in [-0.05, 0) is 61.2 Å². The van der Waals surface area contributed by atoms with Crippen molar-refractivity contribution in [1.82, 2.24) is 14.7 Å². The molecular weight excluding hydrogens is 396 g/mol. The fraction of sp³-hybridized carbons (Fsp3) is 0.333. The first kappa shape index (κ1) is 19.7. The lowest BCUT2D eigenvalue weighted by atomic mass is 10.1. The zero-order valence-electron chi connectivity index (χ0n) is 17.2. The number of hydrogen-bond donors (Lipinski definition) is 0. The second-order valence-corrected chi connectivity index (χ2v) is 8.12. The maximum Gasteiger partial charge on any atom is 0.143 e. The molecule has 0 saturated carbocycles. The third-order valence-corrected chi connectivity index (χ3v) is 6.27. The molecule has 7 heteroatoms. The first-order valence-corrected chi connectivity index (χ1v) is 10.7. The highest BCUT2D eigenvalue weighted by Crippen LogP contribution is 2.29. The van der Waals surface area contributed by atoms with E-state index in [1.54, 1.807) is 18.2 Å². The predicted octanol–water partition coefficient (Wildman–Crippen LogP) is 3.83. The summed E-state index contributed by atoms with van der Waals surface area (Å²) in [4.78, 5) is 4.44. The van der Waals surface area contributed by atoms with Crippen LogP contribution >= 0.6 is 0 Å². The third-order valence-electron chi connectivity index (χ3n) is 6.27. The molecule has 0 atom stereocenters. The first-order valence-electron chi connectivity index (χ1n) is 10.7. The Hall–Kier alpha value is -3.24. The molecule has 0 radical (unpaired) electrons. The van der Waals surface area contributed by atoms with Crippen LogP contribution in [0.15, 0.2) is 42.5 Å². The van der Waals surface area contributed by atoms with E-state index < -0.39 is 5.82 Å². The lowest BCUT2D eigenvalue weighted by molar-refractivity contribution is 0.246. The number of fused-ring (bicyclic) bond motifs is 1. The molecule has 0 bridgehead atoms. The highest BCUT2D eigenvalue weighted by Gasteiger charge is 2.26. The minimum Gasteiger partial charge on any atom is -0.368 e. The van der Waals surface area contributed by atoms with Crippen molar-refractivity contribution in [2.75, 3.05) is 31.1 Å². The molecule has 0 amide bonds. The number of nitriles is 1. The van der Waals surface area contributed by atoms with E-state index in [1.165, 1.54) is 29.5 Å². The molecule has 2 heterocycles. The van der Waals surface area contributed by atoms with Crippen LogP contribution in [0.2, 0.25) is 0 Å². The van der Waals surface area contributed by atoms with Crippen LogP contribution in [0.3, 0.4) is 0 Å². The van der Waals surface area contributed by atoms with Gasteiger partial charge in [0.05, 0.1) is 17.1 Å². The van der Waals surface area contributed by atoms with E-state index in [0.717, 1.165) is 63.4 Å². The predicted molar refractivity (Wildman–Crippen MR) is 114 cm³/mol. The highest BCUT2D eigenvalue weighted by molar-refractivity contribution is 5.60. The maximum absolute atomic E-state index is 14.0. The van der Waals surface area contributed by atoms with Gasteiger partial charge >= 0.3 is 0 Å². The summed E-state index contributed by atoms with van der Waals surface area (Å²) in [5, 5.41) is 14.2. The fourth-order valence-electron chi connectivity index (χ4n) is 4.68. The molecule has 3 aromatic rings. The van der Waals surface area contributed by atoms with Gasteiger partial charge in [0.1, 0.15) is 23.3 Å². The highest BCUT2D eigenvalue weighted by atomic mass is 19.1. The van der Waals surface area contributed by atoms with Gasteiger partial charge in [-0.2, -0.15) is 10.4 Å². The molecule has 0 unspecified atom stereocenters. The van der Waals surface area contributed by atoms with Gasteiger partial charge in [-0.3, -0.25) is 4.90 Å². The van der Waals surface area contributed by atoms with Crippen molar-refractivity contribution >= 4 is 5.69 Å². The molecule has 1 aromatic heterocycles. The number of piperazine rings is 1. The van der Waals surface area contributed by atoms with Crippen molar-refractivity contribution in [1.29, 1.82) is 5.26 Å². The molecule has 2 aromatic carbocycles. The number of aromatic nitrogens is 2. The topological polar surface area (TPSA) is 48.1 Å². The van der Waals surface area contributed by atoms with E-state index in [4.69, 9.17) is 5.10 Å². The molecule has 5 nitrogen and oxygen atoms in total. The molecule has 2 aliphatic rings. The normalized spacial score (nSPS) is 16.4. The quantitative estimate of drug-likeness (QED) is 0.645. The number of anilines is 1. The van der Waals surface area contributed by atoms with Crippen LogP contribution in [0.25, 0.3) is 5.69 Å². The summed E-state index contributed by atoms with van der Waals surface area (Å²) in [6.07, 6.45) is 3.14. The van der Waals surface area contributed by atoms with Crippen LogP contribution < -0.4 is 4.90 Å². The van der Waals surface area contributed by atoms with Gasteiger partial charge in [-0.1, -0.05) is 6.07 Å². The minimum atomic E-state index is -0.468. The molecule has 1 aliphatic heterocycles. The summed E-state index contributed by atoms with van der Waals surface area (Å²) in [5.74, 6) is -0.715. The van der Waals surface area contributed by atoms with Crippen LogP contribution in [0, 0.1) is 23.0 Å². The Balaban J connectivity index is 1.31. The second-order valence-electron chi connectivity index (χ2n) is 8.12. The van der Waals surface area contributed by atoms with Crippen molar-refractivity contribution in [3.63, 3.8) is 0 Å². The standard InChI is InChI=1S/C24H23F2N5/c25-17-7-9-18(10-8-17)31-24-6-1-3-19(24)22(28-31)16-29-11-13-30(14-12-29)23-5-2-4-21(26)20(23)15-27/h2,4-5,7-10H,1,3,6,11-14,16H2. The molecule has 1 fully saturated rings. The fourth-order valence-corrected chi connectivity index (χ4v) is 4.68. The molecule has 31 heavy (non-hydrogen) atoms. The molecule has 1 aliphatic carbocycles. The Labute approximate surface area is 180 Å². The van der Waals surface area contributed by atoms with E-state index >= 15 is 0 Å². The Kier molecular flexibility index (Phi) is 5.16. The Morgan fingerprint density at radius 2 is 1.74 bits per heavy atom. The largest absolute Gasteiger partial charge is 0.368 e. The van der Waals surface area contributed by atoms with Gasteiger partial charge in [0.25, 0.3) is 0 Å². The molecule has 5 rings (SSSR count). The number of halogens is 2. The zero-order valence-corrected chi connectivity index (χ0v) is 17.2. The molecule has 1 saturated heterocycles. The Morgan fingerprint density at radius 3 is 2.48 bits per heavy atom. The maximum atomic E-state index is 14.0. The molecular formula is C24H23F2N5. The van der Waals surface area contributed by atoms with Crippen molar-refractivity contribution in [3.05, 3.63) is 76.6 Å². The molecule has 0 spiro atoms. The van der Waals surface area contributed by atoms with Gasteiger partial charge in [0, 0.05) is 38.4 Å². The Morgan fingerprint density at radius 1 is 0.968 bits per heavy atom. The van der Waals surface area contributed by atoms with E-state index in [9.17, 15) is 14.0 Å². The van der Waals surface area contributed by atoms with E-state index in [1.807, 2.05) is 16.8 Å². The van der Waals surface area contributed by atoms with Crippen molar-refractivity contribution < 1.29 is 8.78 Å². The Bertz CT molecular complexity index is 1140. The SMILES string of the molecule is N#Cc1c(F)cccc1N1CCN(Cc2nn(-c3ccc(F)cc3)c3c2CCC3)CC1. The van der Waals surface area contributed by atoms with E-state index in [2.05, 4.69) is 9.80 Å².